The van der Waals surface area contributed by atoms with Crippen molar-refractivity contribution in [2.45, 2.75) is 43.6 Å². The minimum atomic E-state index is -0.558. The second-order valence-corrected chi connectivity index (χ2v) is 9.56. The van der Waals surface area contributed by atoms with Gasteiger partial charge in [-0.1, -0.05) is 61.0 Å². The van der Waals surface area contributed by atoms with Crippen LogP contribution >= 0.6 is 23.4 Å². The number of allylic oxidation sites excluding steroid dienone is 1. The Hall–Kier alpha value is -3.17. The number of unbranched alkanes of at least 4 members (excludes halogenated alkanes) is 1. The van der Waals surface area contributed by atoms with Gasteiger partial charge in [-0.2, -0.15) is 4.98 Å². The summed E-state index contributed by atoms with van der Waals surface area (Å²) < 4.78 is 18.3. The molecule has 1 aromatic heterocycles. The second kappa shape index (κ2) is 11.7. The molecule has 1 aliphatic rings. The number of aromatic nitrogens is 3. The molecule has 3 aromatic rings. The summed E-state index contributed by atoms with van der Waals surface area (Å²) in [6.07, 6.45) is 1.73. The van der Waals surface area contributed by atoms with Gasteiger partial charge in [0, 0.05) is 16.5 Å². The van der Waals surface area contributed by atoms with E-state index in [2.05, 4.69) is 17.2 Å². The van der Waals surface area contributed by atoms with Crippen molar-refractivity contribution in [3.63, 3.8) is 0 Å². The maximum Gasteiger partial charge on any atom is 0.338 e. The number of hydrogen-bond donors (Lipinski definition) is 1. The fourth-order valence-electron chi connectivity index (χ4n) is 3.93. The third-order valence-corrected chi connectivity index (χ3v) is 7.08. The van der Waals surface area contributed by atoms with E-state index in [-0.39, 0.29) is 5.97 Å². The number of carbonyl (C=O) groups excluding carboxylic acids is 1. The molecule has 4 rings (SSSR count). The molecule has 36 heavy (non-hydrogen) atoms. The van der Waals surface area contributed by atoms with Gasteiger partial charge in [0.15, 0.2) is 11.5 Å². The van der Waals surface area contributed by atoms with Gasteiger partial charge in [-0.05, 0) is 42.7 Å². The molecule has 0 saturated carbocycles. The summed E-state index contributed by atoms with van der Waals surface area (Å²) in [7, 11) is 3.16. The number of nitrogens with zero attached hydrogens (tertiary/aromatic N) is 3. The van der Waals surface area contributed by atoms with Crippen molar-refractivity contribution in [1.82, 2.24) is 14.8 Å². The third-order valence-electron chi connectivity index (χ3n) is 5.82. The predicted molar refractivity (Wildman–Crippen MR) is 141 cm³/mol. The van der Waals surface area contributed by atoms with Crippen molar-refractivity contribution in [3.8, 4) is 11.5 Å². The zero-order valence-electron chi connectivity index (χ0n) is 20.7. The first kappa shape index (κ1) is 25.9. The van der Waals surface area contributed by atoms with Gasteiger partial charge in [0.25, 0.3) is 0 Å². The number of halogens is 1. The minimum absolute atomic E-state index is 0.355. The summed E-state index contributed by atoms with van der Waals surface area (Å²) in [4.78, 5) is 17.9. The molecule has 1 N–H and O–H groups in total. The maximum absolute atomic E-state index is 13.3. The fraction of sp³-hybridized carbons (Fsp3) is 0.346. The molecule has 190 valence electrons. The van der Waals surface area contributed by atoms with Crippen LogP contribution in [0.25, 0.3) is 0 Å². The van der Waals surface area contributed by atoms with Gasteiger partial charge in [-0.25, -0.2) is 9.48 Å². The fourth-order valence-corrected chi connectivity index (χ4v) is 5.05. The van der Waals surface area contributed by atoms with Crippen LogP contribution in [0.3, 0.4) is 0 Å². The Morgan fingerprint density at radius 2 is 1.94 bits per heavy atom. The SMILES string of the molecule is CCCCOC(=O)C1=C(C)Nc2nc(SCc3ccccc3Cl)nn2C1c1ccc(OC)c(OC)c1. The van der Waals surface area contributed by atoms with Crippen LogP contribution < -0.4 is 14.8 Å². The van der Waals surface area contributed by atoms with E-state index in [4.69, 9.17) is 30.9 Å². The molecule has 1 unspecified atom stereocenters. The molecule has 10 heteroatoms. The number of rotatable bonds is 10. The first-order chi connectivity index (χ1) is 17.5. The molecule has 0 fully saturated rings. The number of ether oxygens (including phenoxy) is 3. The highest BCUT2D eigenvalue weighted by Crippen LogP contribution is 2.40. The van der Waals surface area contributed by atoms with Crippen molar-refractivity contribution in [3.05, 3.63) is 69.9 Å². The molecule has 0 bridgehead atoms. The highest BCUT2D eigenvalue weighted by Gasteiger charge is 2.35. The molecule has 0 spiro atoms. The lowest BCUT2D eigenvalue weighted by Gasteiger charge is -2.28. The number of esters is 1. The van der Waals surface area contributed by atoms with Gasteiger partial charge in [-0.15, -0.1) is 5.10 Å². The van der Waals surface area contributed by atoms with E-state index in [0.29, 0.717) is 51.3 Å². The van der Waals surface area contributed by atoms with E-state index in [1.807, 2.05) is 49.4 Å². The van der Waals surface area contributed by atoms with E-state index >= 15 is 0 Å². The van der Waals surface area contributed by atoms with Gasteiger partial charge in [0.2, 0.25) is 11.1 Å². The number of carbonyl (C=O) groups is 1. The lowest BCUT2D eigenvalue weighted by atomic mass is 9.95. The first-order valence-corrected chi connectivity index (χ1v) is 13.0. The van der Waals surface area contributed by atoms with Gasteiger partial charge in [0.05, 0.1) is 26.4 Å². The average Bonchev–Trinajstić information content (AvgIpc) is 3.29. The molecule has 8 nitrogen and oxygen atoms in total. The van der Waals surface area contributed by atoms with E-state index in [1.54, 1.807) is 18.9 Å². The monoisotopic (exact) mass is 528 g/mol. The van der Waals surface area contributed by atoms with E-state index < -0.39 is 6.04 Å². The number of hydrogen-bond acceptors (Lipinski definition) is 8. The molecule has 0 radical (unpaired) electrons. The van der Waals surface area contributed by atoms with Crippen molar-refractivity contribution in [2.75, 3.05) is 26.1 Å². The molecule has 0 saturated heterocycles. The molecule has 1 atom stereocenters. The van der Waals surface area contributed by atoms with Crippen molar-refractivity contribution in [2.24, 2.45) is 0 Å². The zero-order valence-corrected chi connectivity index (χ0v) is 22.3. The topological polar surface area (TPSA) is 87.5 Å². The summed E-state index contributed by atoms with van der Waals surface area (Å²) in [5.74, 6) is 1.92. The second-order valence-electron chi connectivity index (χ2n) is 8.21. The first-order valence-electron chi connectivity index (χ1n) is 11.7. The summed E-state index contributed by atoms with van der Waals surface area (Å²) >= 11 is 7.79. The number of nitrogens with one attached hydrogen (secondary N) is 1. The van der Waals surface area contributed by atoms with Crippen LogP contribution in [0.4, 0.5) is 5.95 Å². The standard InChI is InChI=1S/C26H29ClN4O4S/c1-5-6-13-35-24(32)22-16(2)28-25-29-26(36-15-18-9-7-8-10-19(18)27)30-31(25)23(22)17-11-12-20(33-3)21(14-17)34-4/h7-12,14,23H,5-6,13,15H2,1-4H3,(H,28,29,30). The average molecular weight is 529 g/mol. The van der Waals surface area contributed by atoms with Crippen LogP contribution in [0.5, 0.6) is 11.5 Å². The van der Waals surface area contributed by atoms with E-state index in [9.17, 15) is 4.79 Å². The Bertz CT molecular complexity index is 1280. The summed E-state index contributed by atoms with van der Waals surface area (Å²) in [6.45, 7) is 4.25. The molecule has 2 aromatic carbocycles. The van der Waals surface area contributed by atoms with Crippen LogP contribution in [0.2, 0.25) is 5.02 Å². The minimum Gasteiger partial charge on any atom is -0.493 e. The number of benzene rings is 2. The highest BCUT2D eigenvalue weighted by atomic mass is 35.5. The number of thioether (sulfide) groups is 1. The summed E-state index contributed by atoms with van der Waals surface area (Å²) in [5.41, 5.74) is 2.93. The molecule has 0 aliphatic carbocycles. The smallest absolute Gasteiger partial charge is 0.338 e. The maximum atomic E-state index is 13.3. The summed E-state index contributed by atoms with van der Waals surface area (Å²) in [6, 6.07) is 12.7. The van der Waals surface area contributed by atoms with Crippen molar-refractivity contribution in [1.29, 1.82) is 0 Å². The van der Waals surface area contributed by atoms with Crippen molar-refractivity contribution < 1.29 is 19.0 Å². The van der Waals surface area contributed by atoms with Crippen LogP contribution in [0.15, 0.2) is 58.9 Å². The van der Waals surface area contributed by atoms with Crippen LogP contribution in [0, 0.1) is 0 Å². The Labute approximate surface area is 220 Å². The van der Waals surface area contributed by atoms with E-state index in [1.165, 1.54) is 11.8 Å². The van der Waals surface area contributed by atoms with Gasteiger partial charge < -0.3 is 19.5 Å². The number of methoxy groups -OCH3 is 2. The van der Waals surface area contributed by atoms with E-state index in [0.717, 1.165) is 24.0 Å². The highest BCUT2D eigenvalue weighted by molar-refractivity contribution is 7.98. The largest absolute Gasteiger partial charge is 0.493 e. The molecule has 0 amide bonds. The Balaban J connectivity index is 1.71. The Kier molecular flexibility index (Phi) is 8.43. The van der Waals surface area contributed by atoms with Gasteiger partial charge in [0.1, 0.15) is 6.04 Å². The van der Waals surface area contributed by atoms with Crippen molar-refractivity contribution >= 4 is 35.3 Å². The van der Waals surface area contributed by atoms with Crippen LogP contribution in [-0.4, -0.2) is 41.6 Å². The Morgan fingerprint density at radius 3 is 2.67 bits per heavy atom. The molecular formula is C26H29ClN4O4S. The number of fused-ring (bicyclic) bond motifs is 1. The van der Waals surface area contributed by atoms with Crippen LogP contribution in [0.1, 0.15) is 43.9 Å². The molecular weight excluding hydrogens is 500 g/mol. The third kappa shape index (κ3) is 5.47. The summed E-state index contributed by atoms with van der Waals surface area (Å²) in [5, 5.41) is 9.26. The quantitative estimate of drug-likeness (QED) is 0.198. The van der Waals surface area contributed by atoms with Gasteiger partial charge >= 0.3 is 5.97 Å². The predicted octanol–water partition coefficient (Wildman–Crippen LogP) is 5.87. The molecule has 2 heterocycles. The normalized spacial score (nSPS) is 14.8. The van der Waals surface area contributed by atoms with Crippen LogP contribution in [-0.2, 0) is 15.3 Å². The molecule has 1 aliphatic heterocycles. The lowest BCUT2D eigenvalue weighted by Crippen LogP contribution is -2.29. The zero-order chi connectivity index (χ0) is 25.7. The van der Waals surface area contributed by atoms with Gasteiger partial charge in [-0.3, -0.25) is 0 Å². The number of anilines is 1. The lowest BCUT2D eigenvalue weighted by molar-refractivity contribution is -0.139. The Morgan fingerprint density at radius 1 is 1.17 bits per heavy atom.